The highest BCUT2D eigenvalue weighted by molar-refractivity contribution is 5.56. The molecule has 4 rings (SSSR count). The zero-order valence-electron chi connectivity index (χ0n) is 16.7. The van der Waals surface area contributed by atoms with Crippen LogP contribution in [0.5, 0.6) is 5.75 Å². The first kappa shape index (κ1) is 19.4. The van der Waals surface area contributed by atoms with E-state index >= 15 is 0 Å². The van der Waals surface area contributed by atoms with Crippen LogP contribution in [0.2, 0.25) is 0 Å². The largest absolute Gasteiger partial charge is 0.497 e. The third-order valence-corrected chi connectivity index (χ3v) is 5.90. The van der Waals surface area contributed by atoms with E-state index in [1.165, 1.54) is 32.4 Å². The highest BCUT2D eigenvalue weighted by Gasteiger charge is 2.26. The molecule has 6 heteroatoms. The van der Waals surface area contributed by atoms with Crippen LogP contribution in [0.4, 0.5) is 4.39 Å². The second kappa shape index (κ2) is 8.62. The number of aryl methyl sites for hydroxylation is 1. The number of hydrogen-bond acceptors (Lipinski definition) is 5. The topological polar surface area (TPSA) is 47.7 Å². The summed E-state index contributed by atoms with van der Waals surface area (Å²) >= 11 is 0. The molecular weight excluding hydrogens is 359 g/mol. The Morgan fingerprint density at radius 3 is 2.71 bits per heavy atom. The maximum absolute atomic E-state index is 14.4. The van der Waals surface area contributed by atoms with Gasteiger partial charge in [-0.05, 0) is 50.7 Å². The minimum Gasteiger partial charge on any atom is -0.497 e. The molecule has 0 N–H and O–H groups in total. The summed E-state index contributed by atoms with van der Waals surface area (Å²) in [6.07, 6.45) is 6.53. The average Bonchev–Trinajstić information content (AvgIpc) is 3.28. The lowest BCUT2D eigenvalue weighted by molar-refractivity contribution is 0.0574. The number of hydrogen-bond donors (Lipinski definition) is 0. The van der Waals surface area contributed by atoms with Gasteiger partial charge in [0.15, 0.2) is 0 Å². The SMILES string of the molecule is COc1ccc(-c2nc(CN(CC3CCC3)CC3CCCO3)c(C)o2)c(F)c1. The van der Waals surface area contributed by atoms with Crippen molar-refractivity contribution in [1.29, 1.82) is 0 Å². The molecule has 2 aliphatic rings. The van der Waals surface area contributed by atoms with Crippen molar-refractivity contribution in [2.45, 2.75) is 51.7 Å². The fraction of sp³-hybridized carbons (Fsp3) is 0.591. The molecule has 1 unspecified atom stereocenters. The predicted molar refractivity (Wildman–Crippen MR) is 105 cm³/mol. The second-order valence-corrected chi connectivity index (χ2v) is 7.99. The number of oxazole rings is 1. The van der Waals surface area contributed by atoms with Crippen LogP contribution in [0.1, 0.15) is 43.6 Å². The second-order valence-electron chi connectivity index (χ2n) is 7.99. The molecule has 152 valence electrons. The Balaban J connectivity index is 1.50. The van der Waals surface area contributed by atoms with Gasteiger partial charge >= 0.3 is 0 Å². The van der Waals surface area contributed by atoms with E-state index in [4.69, 9.17) is 13.9 Å². The van der Waals surface area contributed by atoms with E-state index < -0.39 is 5.82 Å². The Labute approximate surface area is 165 Å². The van der Waals surface area contributed by atoms with Crippen LogP contribution in [-0.2, 0) is 11.3 Å². The molecule has 1 saturated heterocycles. The summed E-state index contributed by atoms with van der Waals surface area (Å²) in [6.45, 7) is 5.48. The summed E-state index contributed by atoms with van der Waals surface area (Å²) in [7, 11) is 1.52. The van der Waals surface area contributed by atoms with Crippen molar-refractivity contribution < 1.29 is 18.3 Å². The summed E-state index contributed by atoms with van der Waals surface area (Å²) in [5, 5.41) is 0. The van der Waals surface area contributed by atoms with E-state index in [0.717, 1.165) is 49.9 Å². The zero-order valence-corrected chi connectivity index (χ0v) is 16.7. The predicted octanol–water partition coefficient (Wildman–Crippen LogP) is 4.58. The number of rotatable bonds is 8. The van der Waals surface area contributed by atoms with Gasteiger partial charge in [0.05, 0.1) is 24.5 Å². The van der Waals surface area contributed by atoms with E-state index in [9.17, 15) is 4.39 Å². The third kappa shape index (κ3) is 4.39. The van der Waals surface area contributed by atoms with Gasteiger partial charge in [-0.2, -0.15) is 0 Å². The van der Waals surface area contributed by atoms with Crippen molar-refractivity contribution >= 4 is 0 Å². The van der Waals surface area contributed by atoms with E-state index in [2.05, 4.69) is 9.88 Å². The van der Waals surface area contributed by atoms with E-state index in [0.29, 0.717) is 29.9 Å². The van der Waals surface area contributed by atoms with Crippen molar-refractivity contribution in [3.8, 4) is 17.2 Å². The fourth-order valence-electron chi connectivity index (χ4n) is 4.02. The number of methoxy groups -OCH3 is 1. The molecule has 5 nitrogen and oxygen atoms in total. The maximum atomic E-state index is 14.4. The molecule has 28 heavy (non-hydrogen) atoms. The molecule has 0 radical (unpaired) electrons. The summed E-state index contributed by atoms with van der Waals surface area (Å²) in [6, 6.07) is 4.73. The van der Waals surface area contributed by atoms with Crippen LogP contribution >= 0.6 is 0 Å². The Bertz CT molecular complexity index is 797. The smallest absolute Gasteiger partial charge is 0.229 e. The Hall–Kier alpha value is -1.92. The molecule has 1 aliphatic heterocycles. The van der Waals surface area contributed by atoms with Crippen LogP contribution in [0, 0.1) is 18.7 Å². The molecule has 1 aromatic heterocycles. The van der Waals surface area contributed by atoms with Gasteiger partial charge in [0, 0.05) is 32.3 Å². The fourth-order valence-corrected chi connectivity index (χ4v) is 4.02. The Morgan fingerprint density at radius 1 is 1.21 bits per heavy atom. The van der Waals surface area contributed by atoms with Gasteiger partial charge in [-0.3, -0.25) is 4.90 Å². The Morgan fingerprint density at radius 2 is 2.07 bits per heavy atom. The summed E-state index contributed by atoms with van der Waals surface area (Å²) < 4.78 is 31.2. The van der Waals surface area contributed by atoms with Gasteiger partial charge in [-0.1, -0.05) is 6.42 Å². The summed E-state index contributed by atoms with van der Waals surface area (Å²) in [5.41, 5.74) is 1.24. The van der Waals surface area contributed by atoms with Gasteiger partial charge < -0.3 is 13.9 Å². The van der Waals surface area contributed by atoms with E-state index in [1.807, 2.05) is 6.92 Å². The average molecular weight is 388 g/mol. The van der Waals surface area contributed by atoms with E-state index in [1.54, 1.807) is 12.1 Å². The lowest BCUT2D eigenvalue weighted by Gasteiger charge is -2.33. The highest BCUT2D eigenvalue weighted by atomic mass is 19.1. The highest BCUT2D eigenvalue weighted by Crippen LogP contribution is 2.30. The third-order valence-electron chi connectivity index (χ3n) is 5.90. The van der Waals surface area contributed by atoms with Crippen LogP contribution < -0.4 is 4.74 Å². The molecule has 0 spiro atoms. The first-order valence-corrected chi connectivity index (χ1v) is 10.3. The number of halogens is 1. The molecule has 1 aliphatic carbocycles. The first-order valence-electron chi connectivity index (χ1n) is 10.3. The van der Waals surface area contributed by atoms with Gasteiger partial charge in [-0.15, -0.1) is 0 Å². The van der Waals surface area contributed by atoms with Gasteiger partial charge in [-0.25, -0.2) is 9.37 Å². The monoisotopic (exact) mass is 388 g/mol. The maximum Gasteiger partial charge on any atom is 0.229 e. The molecule has 2 aromatic rings. The number of aromatic nitrogens is 1. The zero-order chi connectivity index (χ0) is 19.5. The minimum absolute atomic E-state index is 0.311. The van der Waals surface area contributed by atoms with Crippen molar-refractivity contribution in [2.24, 2.45) is 5.92 Å². The minimum atomic E-state index is -0.391. The lowest BCUT2D eigenvalue weighted by atomic mass is 9.85. The van der Waals surface area contributed by atoms with Gasteiger partial charge in [0.25, 0.3) is 0 Å². The van der Waals surface area contributed by atoms with Crippen LogP contribution in [0.15, 0.2) is 22.6 Å². The van der Waals surface area contributed by atoms with Crippen molar-refractivity contribution in [2.75, 3.05) is 26.8 Å². The Kier molecular flexibility index (Phi) is 5.97. The molecule has 1 saturated carbocycles. The molecule has 1 atom stereocenters. The quantitative estimate of drug-likeness (QED) is 0.662. The van der Waals surface area contributed by atoms with Crippen LogP contribution in [0.3, 0.4) is 0 Å². The lowest BCUT2D eigenvalue weighted by Crippen LogP contribution is -2.37. The van der Waals surface area contributed by atoms with Gasteiger partial charge in [0.2, 0.25) is 5.89 Å². The molecule has 1 aromatic carbocycles. The number of nitrogens with zero attached hydrogens (tertiary/aromatic N) is 2. The standard InChI is InChI=1S/C22H29FN2O3/c1-15-21(24-22(28-15)19-9-8-17(26-2)11-20(19)23)14-25(12-16-5-3-6-16)13-18-7-4-10-27-18/h8-9,11,16,18H,3-7,10,12-14H2,1-2H3. The van der Waals surface area contributed by atoms with E-state index in [-0.39, 0.29) is 0 Å². The molecule has 0 amide bonds. The molecular formula is C22H29FN2O3. The number of ether oxygens (including phenoxy) is 2. The number of benzene rings is 1. The van der Waals surface area contributed by atoms with Crippen molar-refractivity contribution in [3.63, 3.8) is 0 Å². The molecule has 2 fully saturated rings. The van der Waals surface area contributed by atoms with Crippen LogP contribution in [0.25, 0.3) is 11.5 Å². The molecule has 2 heterocycles. The molecule has 0 bridgehead atoms. The summed E-state index contributed by atoms with van der Waals surface area (Å²) in [5.74, 6) is 1.93. The van der Waals surface area contributed by atoms with Crippen molar-refractivity contribution in [3.05, 3.63) is 35.5 Å². The van der Waals surface area contributed by atoms with Crippen LogP contribution in [-0.4, -0.2) is 42.8 Å². The summed E-state index contributed by atoms with van der Waals surface area (Å²) in [4.78, 5) is 7.08. The van der Waals surface area contributed by atoms with Crippen molar-refractivity contribution in [1.82, 2.24) is 9.88 Å². The first-order chi connectivity index (χ1) is 13.6. The normalized spacial score (nSPS) is 19.9. The van der Waals surface area contributed by atoms with Gasteiger partial charge in [0.1, 0.15) is 17.3 Å².